The van der Waals surface area contributed by atoms with Gasteiger partial charge in [0.1, 0.15) is 5.75 Å². The van der Waals surface area contributed by atoms with E-state index >= 15 is 0 Å². The molecule has 0 atom stereocenters. The maximum atomic E-state index is 5.81. The number of benzene rings is 2. The Morgan fingerprint density at radius 1 is 1.07 bits per heavy atom. The molecular formula is C13H13BrO. The highest BCUT2D eigenvalue weighted by molar-refractivity contribution is 9.10. The topological polar surface area (TPSA) is 9.23 Å². The highest BCUT2D eigenvalue weighted by atomic mass is 79.9. The van der Waals surface area contributed by atoms with Crippen molar-refractivity contribution < 1.29 is 4.74 Å². The van der Waals surface area contributed by atoms with Crippen LogP contribution in [0.4, 0.5) is 0 Å². The van der Waals surface area contributed by atoms with Crippen molar-refractivity contribution in [3.8, 4) is 5.75 Å². The van der Waals surface area contributed by atoms with Crippen LogP contribution in [0.5, 0.6) is 5.75 Å². The minimum absolute atomic E-state index is 0.187. The van der Waals surface area contributed by atoms with E-state index in [1.165, 1.54) is 5.39 Å². The third-order valence-corrected chi connectivity index (χ3v) is 2.81. The van der Waals surface area contributed by atoms with Gasteiger partial charge in [0.15, 0.2) is 0 Å². The quantitative estimate of drug-likeness (QED) is 0.782. The van der Waals surface area contributed by atoms with Gasteiger partial charge in [-0.2, -0.15) is 0 Å². The van der Waals surface area contributed by atoms with Gasteiger partial charge in [0.25, 0.3) is 0 Å². The Morgan fingerprint density at radius 2 is 1.80 bits per heavy atom. The van der Waals surface area contributed by atoms with Crippen molar-refractivity contribution in [2.24, 2.45) is 0 Å². The van der Waals surface area contributed by atoms with E-state index < -0.39 is 0 Å². The third-order valence-electron chi connectivity index (χ3n) is 2.19. The lowest BCUT2D eigenvalue weighted by Crippen LogP contribution is -2.06. The molecule has 0 fully saturated rings. The summed E-state index contributed by atoms with van der Waals surface area (Å²) in [6.07, 6.45) is 0.187. The van der Waals surface area contributed by atoms with E-state index in [9.17, 15) is 0 Å². The lowest BCUT2D eigenvalue weighted by molar-refractivity contribution is 0.244. The average Bonchev–Trinajstić information content (AvgIpc) is 2.22. The van der Waals surface area contributed by atoms with E-state index in [1.807, 2.05) is 32.0 Å². The molecule has 0 unspecified atom stereocenters. The number of halogens is 1. The largest absolute Gasteiger partial charge is 0.489 e. The van der Waals surface area contributed by atoms with E-state index in [0.29, 0.717) is 0 Å². The van der Waals surface area contributed by atoms with Crippen LogP contribution in [0.1, 0.15) is 13.8 Å². The maximum absolute atomic E-state index is 5.81. The molecule has 78 valence electrons. The molecule has 0 N–H and O–H groups in total. The first kappa shape index (κ1) is 10.5. The van der Waals surface area contributed by atoms with Gasteiger partial charge in [-0.25, -0.2) is 0 Å². The maximum Gasteiger partial charge on any atom is 0.141 e. The van der Waals surface area contributed by atoms with Crippen LogP contribution in [0.25, 0.3) is 10.8 Å². The van der Waals surface area contributed by atoms with Gasteiger partial charge >= 0.3 is 0 Å². The van der Waals surface area contributed by atoms with Gasteiger partial charge in [-0.05, 0) is 41.2 Å². The zero-order chi connectivity index (χ0) is 10.8. The van der Waals surface area contributed by atoms with Gasteiger partial charge in [-0.3, -0.25) is 0 Å². The summed E-state index contributed by atoms with van der Waals surface area (Å²) in [6.45, 7) is 4.07. The second kappa shape index (κ2) is 4.23. The zero-order valence-electron chi connectivity index (χ0n) is 8.83. The fourth-order valence-electron chi connectivity index (χ4n) is 1.57. The molecular weight excluding hydrogens is 252 g/mol. The van der Waals surface area contributed by atoms with Crippen LogP contribution in [0.3, 0.4) is 0 Å². The first-order chi connectivity index (χ1) is 7.18. The van der Waals surface area contributed by atoms with Crippen molar-refractivity contribution in [3.05, 3.63) is 40.9 Å². The number of rotatable bonds is 2. The Labute approximate surface area is 98.2 Å². The first-order valence-corrected chi connectivity index (χ1v) is 5.81. The Hall–Kier alpha value is -1.02. The molecule has 1 nitrogen and oxygen atoms in total. The van der Waals surface area contributed by atoms with E-state index in [1.54, 1.807) is 0 Å². The van der Waals surface area contributed by atoms with E-state index in [0.717, 1.165) is 15.6 Å². The average molecular weight is 265 g/mol. The molecule has 0 saturated heterocycles. The molecule has 0 aliphatic carbocycles. The molecule has 0 radical (unpaired) electrons. The minimum Gasteiger partial charge on any atom is -0.489 e. The summed E-state index contributed by atoms with van der Waals surface area (Å²) in [4.78, 5) is 0. The monoisotopic (exact) mass is 264 g/mol. The second-order valence-corrected chi connectivity index (χ2v) is 4.62. The van der Waals surface area contributed by atoms with Gasteiger partial charge in [-0.1, -0.05) is 30.3 Å². The van der Waals surface area contributed by atoms with Crippen LogP contribution in [0, 0.1) is 0 Å². The fourth-order valence-corrected chi connectivity index (χ4v) is 2.01. The van der Waals surface area contributed by atoms with E-state index in [-0.39, 0.29) is 6.10 Å². The highest BCUT2D eigenvalue weighted by Gasteiger charge is 2.07. The molecule has 2 rings (SSSR count). The summed E-state index contributed by atoms with van der Waals surface area (Å²) in [5, 5.41) is 2.36. The SMILES string of the molecule is CC(C)Oc1c(Br)ccc2ccccc12. The first-order valence-electron chi connectivity index (χ1n) is 5.02. The fraction of sp³-hybridized carbons (Fsp3) is 0.231. The molecule has 0 spiro atoms. The van der Waals surface area contributed by atoms with Crippen molar-refractivity contribution in [1.29, 1.82) is 0 Å². The molecule has 0 aliphatic heterocycles. The van der Waals surface area contributed by atoms with Gasteiger partial charge in [-0.15, -0.1) is 0 Å². The molecule has 15 heavy (non-hydrogen) atoms. The standard InChI is InChI=1S/C13H13BrO/c1-9(2)15-13-11-6-4-3-5-10(11)7-8-12(13)14/h3-9H,1-2H3. The van der Waals surface area contributed by atoms with Crippen molar-refractivity contribution in [1.82, 2.24) is 0 Å². The van der Waals surface area contributed by atoms with Crippen LogP contribution in [0.15, 0.2) is 40.9 Å². The zero-order valence-corrected chi connectivity index (χ0v) is 10.4. The number of fused-ring (bicyclic) bond motifs is 1. The summed E-state index contributed by atoms with van der Waals surface area (Å²) < 4.78 is 6.82. The Bertz CT molecular complexity index is 477. The predicted molar refractivity (Wildman–Crippen MR) is 67.4 cm³/mol. The van der Waals surface area contributed by atoms with Crippen molar-refractivity contribution >= 4 is 26.7 Å². The summed E-state index contributed by atoms with van der Waals surface area (Å²) in [5.74, 6) is 0.933. The smallest absolute Gasteiger partial charge is 0.141 e. The van der Waals surface area contributed by atoms with Crippen molar-refractivity contribution in [2.45, 2.75) is 20.0 Å². The minimum atomic E-state index is 0.187. The molecule has 0 aromatic heterocycles. The number of ether oxygens (including phenoxy) is 1. The number of hydrogen-bond acceptors (Lipinski definition) is 1. The Kier molecular flexibility index (Phi) is 2.96. The molecule has 2 aromatic rings. The van der Waals surface area contributed by atoms with Gasteiger partial charge in [0, 0.05) is 5.39 Å². The predicted octanol–water partition coefficient (Wildman–Crippen LogP) is 4.39. The molecule has 0 bridgehead atoms. The van der Waals surface area contributed by atoms with E-state index in [4.69, 9.17) is 4.74 Å². The second-order valence-electron chi connectivity index (χ2n) is 3.76. The Balaban J connectivity index is 2.63. The van der Waals surface area contributed by atoms with Crippen LogP contribution >= 0.6 is 15.9 Å². The lowest BCUT2D eigenvalue weighted by Gasteiger charge is -2.14. The van der Waals surface area contributed by atoms with Gasteiger partial charge < -0.3 is 4.74 Å². The molecule has 0 heterocycles. The van der Waals surface area contributed by atoms with Crippen LogP contribution in [-0.4, -0.2) is 6.10 Å². The van der Waals surface area contributed by atoms with Crippen molar-refractivity contribution in [2.75, 3.05) is 0 Å². The van der Waals surface area contributed by atoms with Gasteiger partial charge in [0.2, 0.25) is 0 Å². The van der Waals surface area contributed by atoms with Crippen LogP contribution in [0.2, 0.25) is 0 Å². The molecule has 0 aliphatic rings. The normalized spacial score (nSPS) is 10.9. The van der Waals surface area contributed by atoms with Crippen LogP contribution < -0.4 is 4.74 Å². The third kappa shape index (κ3) is 2.15. The summed E-state index contributed by atoms with van der Waals surface area (Å²) in [5.41, 5.74) is 0. The summed E-state index contributed by atoms with van der Waals surface area (Å²) >= 11 is 3.52. The van der Waals surface area contributed by atoms with Crippen molar-refractivity contribution in [3.63, 3.8) is 0 Å². The van der Waals surface area contributed by atoms with Crippen LogP contribution in [-0.2, 0) is 0 Å². The summed E-state index contributed by atoms with van der Waals surface area (Å²) in [7, 11) is 0. The highest BCUT2D eigenvalue weighted by Crippen LogP contribution is 2.34. The molecule has 0 amide bonds. The molecule has 2 aromatic carbocycles. The Morgan fingerprint density at radius 3 is 2.53 bits per heavy atom. The lowest BCUT2D eigenvalue weighted by atomic mass is 10.1. The molecule has 0 saturated carbocycles. The number of hydrogen-bond donors (Lipinski definition) is 0. The summed E-state index contributed by atoms with van der Waals surface area (Å²) in [6, 6.07) is 12.4. The van der Waals surface area contributed by atoms with E-state index in [2.05, 4.69) is 34.1 Å². The van der Waals surface area contributed by atoms with Gasteiger partial charge in [0.05, 0.1) is 10.6 Å². The molecule has 2 heteroatoms.